The lowest BCUT2D eigenvalue weighted by Crippen LogP contribution is -2.68. The fourth-order valence-corrected chi connectivity index (χ4v) is 7.29. The molecule has 0 saturated heterocycles. The summed E-state index contributed by atoms with van der Waals surface area (Å²) in [5.74, 6) is 1.96. The Morgan fingerprint density at radius 2 is 0.977 bits per heavy atom. The van der Waals surface area contributed by atoms with Crippen molar-refractivity contribution >= 4 is 20.7 Å². The highest BCUT2D eigenvalue weighted by Gasteiger charge is 2.18. The molecule has 0 aliphatic heterocycles. The number of benzene rings is 2. The van der Waals surface area contributed by atoms with E-state index in [1.165, 1.54) is 111 Å². The van der Waals surface area contributed by atoms with E-state index in [2.05, 4.69) is 68.4 Å². The molecule has 0 N–H and O–H groups in total. The molecule has 1 heterocycles. The quantitative estimate of drug-likeness (QED) is 0.0617. The van der Waals surface area contributed by atoms with E-state index in [-0.39, 0.29) is 0 Å². The van der Waals surface area contributed by atoms with Gasteiger partial charge in [-0.2, -0.15) is 0 Å². The van der Waals surface area contributed by atoms with E-state index in [1.54, 1.807) is 0 Å². The Hall–Kier alpha value is -1.78. The van der Waals surface area contributed by atoms with Gasteiger partial charge in [0.15, 0.2) is 10.3 Å². The van der Waals surface area contributed by atoms with Gasteiger partial charge in [0.05, 0.1) is 18.1 Å². The number of hydrogen-bond donors (Lipinski definition) is 0. The number of ether oxygens (including phenoxy) is 2. The van der Waals surface area contributed by atoms with Gasteiger partial charge in [0.25, 0.3) is 4.88 Å². The molecule has 6 nitrogen and oxygen atoms in total. The van der Waals surface area contributed by atoms with Gasteiger partial charge >= 0.3 is 10.3 Å². The average Bonchev–Trinajstić information content (AvgIpc) is 3.50. The molecule has 0 saturated carbocycles. The Labute approximate surface area is 274 Å². The molecule has 2 aromatic carbocycles. The van der Waals surface area contributed by atoms with Crippen molar-refractivity contribution in [2.75, 3.05) is 13.2 Å². The van der Waals surface area contributed by atoms with E-state index in [9.17, 15) is 0 Å². The highest BCUT2D eigenvalue weighted by molar-refractivity contribution is 7.72. The monoisotopic (exact) mass is 666 g/mol. The van der Waals surface area contributed by atoms with Crippen LogP contribution in [0.3, 0.4) is 0 Å². The Morgan fingerprint density at radius 1 is 0.568 bits per heavy atom. The zero-order valence-corrected chi connectivity index (χ0v) is 29.0. The first-order valence-corrected chi connectivity index (χ1v) is 19.7. The second kappa shape index (κ2) is 23.5. The van der Waals surface area contributed by atoms with Crippen molar-refractivity contribution < 1.29 is 38.4 Å². The van der Waals surface area contributed by atoms with Crippen LogP contribution in [0.4, 0.5) is 0 Å². The minimum absolute atomic E-state index is 0.808. The standard InChI is InChI=1S/C35H51O2S2.ClHO4/c1-3-5-7-9-11-13-15-17-25-36-32-23-19-21-30(27-32)34-29-35(39-38-34)31-22-20-24-33(28-31)37-26-18-16-14-12-10-8-6-4-2;2-1(3,4)5/h19-24,27-29H,3-18,25-26H2,1-2H3;(H,2,3,4,5)/q+1;/p-1. The maximum Gasteiger partial charge on any atom is 0.301 e. The van der Waals surface area contributed by atoms with Crippen LogP contribution in [0.5, 0.6) is 11.5 Å². The summed E-state index contributed by atoms with van der Waals surface area (Å²) in [7, 11) is -1.28. The summed E-state index contributed by atoms with van der Waals surface area (Å²) in [6.45, 7) is 6.17. The molecule has 0 aliphatic carbocycles. The summed E-state index contributed by atoms with van der Waals surface area (Å²) in [5.41, 5.74) is 2.47. The summed E-state index contributed by atoms with van der Waals surface area (Å²) in [6, 6.07) is 19.5. The molecule has 246 valence electrons. The third-order valence-corrected chi connectivity index (χ3v) is 9.73. The van der Waals surface area contributed by atoms with E-state index >= 15 is 0 Å². The van der Waals surface area contributed by atoms with Crippen LogP contribution in [0.25, 0.3) is 20.9 Å². The van der Waals surface area contributed by atoms with Crippen LogP contribution in [-0.4, -0.2) is 13.2 Å². The van der Waals surface area contributed by atoms with Gasteiger partial charge in [-0.05, 0) is 43.2 Å². The molecule has 0 amide bonds. The molecule has 0 spiro atoms. The first-order valence-electron chi connectivity index (χ1n) is 16.3. The number of unbranched alkanes of at least 4 members (excludes halogenated alkanes) is 14. The normalized spacial score (nSPS) is 11.2. The van der Waals surface area contributed by atoms with Crippen molar-refractivity contribution in [3.8, 4) is 32.4 Å². The van der Waals surface area contributed by atoms with Gasteiger partial charge in [0.2, 0.25) is 0 Å². The summed E-state index contributed by atoms with van der Waals surface area (Å²) >= 11 is 0. The Balaban J connectivity index is 0.00000125. The van der Waals surface area contributed by atoms with Crippen molar-refractivity contribution in [2.45, 2.75) is 117 Å². The predicted molar refractivity (Wildman–Crippen MR) is 174 cm³/mol. The molecule has 0 radical (unpaired) electrons. The van der Waals surface area contributed by atoms with E-state index in [4.69, 9.17) is 28.1 Å². The lowest BCUT2D eigenvalue weighted by Gasteiger charge is -2.17. The highest BCUT2D eigenvalue weighted by atomic mass is 35.7. The van der Waals surface area contributed by atoms with Gasteiger partial charge in [-0.3, -0.25) is 0 Å². The molecule has 0 fully saturated rings. The Morgan fingerprint density at radius 3 is 1.45 bits per heavy atom. The molecule has 0 bridgehead atoms. The number of rotatable bonds is 22. The molecule has 0 aliphatic rings. The summed E-state index contributed by atoms with van der Waals surface area (Å²) in [6.07, 6.45) is 21.2. The van der Waals surface area contributed by atoms with Gasteiger partial charge in [0.1, 0.15) is 11.5 Å². The SMILES string of the molecule is CCCCCCCCCCOc1cccc(-c2cc(-c3cccc(OCCCCCCCCCC)c3)[s+]s2)c1.[O-][Cl+3]([O-])([O-])[O-]. The second-order valence-corrected chi connectivity index (χ2v) is 14.1. The average molecular weight is 667 g/mol. The topological polar surface area (TPSA) is 111 Å². The van der Waals surface area contributed by atoms with Crippen LogP contribution in [-0.2, 0) is 0 Å². The van der Waals surface area contributed by atoms with Gasteiger partial charge in [-0.15, -0.1) is 10.2 Å². The largest absolute Gasteiger partial charge is 0.494 e. The molecule has 3 rings (SSSR count). The van der Waals surface area contributed by atoms with Crippen LogP contribution >= 0.6 is 20.7 Å². The summed E-state index contributed by atoms with van der Waals surface area (Å²) in [5, 5.41) is 0. The molecule has 0 atom stereocenters. The lowest BCUT2D eigenvalue weighted by molar-refractivity contribution is -2.00. The molecule has 3 aromatic rings. The fourth-order valence-electron chi connectivity index (χ4n) is 4.85. The molecule has 9 heteroatoms. The smallest absolute Gasteiger partial charge is 0.301 e. The number of halogens is 1. The first-order chi connectivity index (χ1) is 21.3. The van der Waals surface area contributed by atoms with Crippen molar-refractivity contribution in [2.24, 2.45) is 0 Å². The van der Waals surface area contributed by atoms with Gasteiger partial charge in [0, 0.05) is 17.2 Å². The lowest BCUT2D eigenvalue weighted by atomic mass is 10.1. The third kappa shape index (κ3) is 18.9. The minimum Gasteiger partial charge on any atom is -0.494 e. The van der Waals surface area contributed by atoms with Crippen LogP contribution in [0, 0.1) is 10.2 Å². The maximum atomic E-state index is 8.49. The zero-order chi connectivity index (χ0) is 31.9. The predicted octanol–water partition coefficient (Wildman–Crippen LogP) is 7.71. The van der Waals surface area contributed by atoms with Gasteiger partial charge in [-0.1, -0.05) is 122 Å². The minimum atomic E-state index is -4.94. The van der Waals surface area contributed by atoms with E-state index in [0.717, 1.165) is 37.6 Å². The van der Waals surface area contributed by atoms with E-state index in [1.807, 2.05) is 20.7 Å². The zero-order valence-electron chi connectivity index (χ0n) is 26.6. The maximum absolute atomic E-state index is 8.49. The van der Waals surface area contributed by atoms with Crippen LogP contribution in [0.15, 0.2) is 54.6 Å². The van der Waals surface area contributed by atoms with Crippen molar-refractivity contribution in [3.05, 3.63) is 54.6 Å². The summed E-state index contributed by atoms with van der Waals surface area (Å²) in [4.78, 5) is 2.58. The van der Waals surface area contributed by atoms with Gasteiger partial charge in [-0.25, -0.2) is 18.6 Å². The molecule has 1 aromatic heterocycles. The second-order valence-electron chi connectivity index (χ2n) is 11.1. The Bertz CT molecular complexity index is 1050. The molecule has 0 unspecified atom stereocenters. The molecule has 44 heavy (non-hydrogen) atoms. The third-order valence-electron chi connectivity index (χ3n) is 7.25. The highest BCUT2D eigenvalue weighted by Crippen LogP contribution is 2.39. The van der Waals surface area contributed by atoms with E-state index in [0.29, 0.717) is 0 Å². The fraction of sp³-hybridized carbons (Fsp3) is 0.571. The first kappa shape index (κ1) is 38.4. The van der Waals surface area contributed by atoms with Crippen LogP contribution < -0.4 is 28.1 Å². The van der Waals surface area contributed by atoms with Crippen LogP contribution in [0.1, 0.15) is 117 Å². The van der Waals surface area contributed by atoms with Crippen molar-refractivity contribution in [3.63, 3.8) is 0 Å². The Kier molecular flexibility index (Phi) is 20.5. The summed E-state index contributed by atoms with van der Waals surface area (Å²) < 4.78 is 46.2. The molecular weight excluding hydrogens is 616 g/mol. The van der Waals surface area contributed by atoms with Crippen molar-refractivity contribution in [1.29, 1.82) is 0 Å². The van der Waals surface area contributed by atoms with Crippen molar-refractivity contribution in [1.82, 2.24) is 0 Å². The molecular formula is C35H51ClO6S2. The van der Waals surface area contributed by atoms with E-state index < -0.39 is 10.2 Å². The van der Waals surface area contributed by atoms with Crippen LogP contribution in [0.2, 0.25) is 0 Å². The number of hydrogen-bond acceptors (Lipinski definition) is 7. The van der Waals surface area contributed by atoms with Gasteiger partial charge < -0.3 is 9.47 Å².